The highest BCUT2D eigenvalue weighted by Gasteiger charge is 2.34. The number of amides is 2. The molecule has 1 fully saturated rings. The third-order valence-corrected chi connectivity index (χ3v) is 10.5. The average Bonchev–Trinajstić information content (AvgIpc) is 3.00. The number of benzene rings is 3. The van der Waals surface area contributed by atoms with E-state index < -0.39 is 28.5 Å². The van der Waals surface area contributed by atoms with Crippen LogP contribution in [0.3, 0.4) is 0 Å². The average molecular weight is 661 g/mol. The second-order valence-electron chi connectivity index (χ2n) is 11.3. The Kier molecular flexibility index (Phi) is 11.2. The quantitative estimate of drug-likeness (QED) is 0.248. The van der Waals surface area contributed by atoms with Crippen LogP contribution in [0, 0.1) is 13.8 Å². The molecule has 3 aromatic carbocycles. The van der Waals surface area contributed by atoms with Crippen molar-refractivity contribution >= 4 is 50.7 Å². The largest absolute Gasteiger partial charge is 0.495 e. The van der Waals surface area contributed by atoms with E-state index in [0.717, 1.165) is 47.5 Å². The van der Waals surface area contributed by atoms with Crippen LogP contribution in [0.2, 0.25) is 10.0 Å². The lowest BCUT2D eigenvalue weighted by Gasteiger charge is -2.33. The molecule has 1 saturated carbocycles. The maximum absolute atomic E-state index is 14.3. The van der Waals surface area contributed by atoms with Crippen LogP contribution >= 0.6 is 23.2 Å². The number of halogens is 2. The van der Waals surface area contributed by atoms with Crippen molar-refractivity contribution in [3.63, 3.8) is 0 Å². The lowest BCUT2D eigenvalue weighted by Crippen LogP contribution is -2.53. The van der Waals surface area contributed by atoms with Crippen molar-refractivity contribution in [2.24, 2.45) is 0 Å². The predicted molar refractivity (Wildman–Crippen MR) is 175 cm³/mol. The highest BCUT2D eigenvalue weighted by atomic mass is 35.5. The van der Waals surface area contributed by atoms with E-state index in [1.165, 1.54) is 24.1 Å². The Morgan fingerprint density at radius 3 is 2.23 bits per heavy atom. The van der Waals surface area contributed by atoms with Gasteiger partial charge in [0.1, 0.15) is 18.3 Å². The van der Waals surface area contributed by atoms with Crippen molar-refractivity contribution in [1.29, 1.82) is 0 Å². The van der Waals surface area contributed by atoms with Gasteiger partial charge >= 0.3 is 0 Å². The first-order valence-electron chi connectivity index (χ1n) is 14.7. The van der Waals surface area contributed by atoms with Gasteiger partial charge in [-0.2, -0.15) is 0 Å². The van der Waals surface area contributed by atoms with Gasteiger partial charge in [0.05, 0.1) is 27.7 Å². The lowest BCUT2D eigenvalue weighted by atomic mass is 9.95. The summed E-state index contributed by atoms with van der Waals surface area (Å²) >= 11 is 12.4. The van der Waals surface area contributed by atoms with Crippen LogP contribution < -0.4 is 14.4 Å². The second-order valence-corrected chi connectivity index (χ2v) is 14.0. The van der Waals surface area contributed by atoms with Crippen molar-refractivity contribution in [2.75, 3.05) is 18.0 Å². The van der Waals surface area contributed by atoms with Crippen LogP contribution in [-0.2, 0) is 26.2 Å². The number of hydrogen-bond acceptors (Lipinski definition) is 5. The molecule has 0 heterocycles. The summed E-state index contributed by atoms with van der Waals surface area (Å²) in [6.07, 6.45) is 4.98. The molecule has 0 aliphatic heterocycles. The Hall–Kier alpha value is -3.27. The van der Waals surface area contributed by atoms with E-state index in [4.69, 9.17) is 27.9 Å². The summed E-state index contributed by atoms with van der Waals surface area (Å²) in [5.41, 5.74) is 2.54. The van der Waals surface area contributed by atoms with Gasteiger partial charge in [-0.1, -0.05) is 72.3 Å². The fraction of sp³-hybridized carbons (Fsp3) is 0.394. The SMILES string of the molecule is COc1ccc(C)cc1N(CC(=O)N(Cc1ccc(Cl)c(Cl)c1)C(C)C(=O)NC1CCCCC1)S(=O)(=O)c1ccc(C)cc1. The molecule has 1 unspecified atom stereocenters. The molecular formula is C33H39Cl2N3O5S. The number of ether oxygens (including phenoxy) is 1. The standard InChI is InChI=1S/C33H39Cl2N3O5S/c1-22-10-14-27(15-11-22)44(41,42)38(30-18-23(2)12-17-31(30)43-4)21-32(39)37(20-25-13-16-28(34)29(35)19-25)24(3)33(40)36-26-8-6-5-7-9-26/h10-19,24,26H,5-9,20-21H2,1-4H3,(H,36,40). The molecule has 1 aliphatic carbocycles. The van der Waals surface area contributed by atoms with Crippen LogP contribution in [0.5, 0.6) is 5.75 Å². The van der Waals surface area contributed by atoms with Crippen molar-refractivity contribution in [3.05, 3.63) is 87.4 Å². The topological polar surface area (TPSA) is 96.0 Å². The number of nitrogens with zero attached hydrogens (tertiary/aromatic N) is 2. The van der Waals surface area contributed by atoms with Crippen LogP contribution in [0.15, 0.2) is 65.6 Å². The summed E-state index contributed by atoms with van der Waals surface area (Å²) in [5, 5.41) is 3.77. The number of hydrogen-bond donors (Lipinski definition) is 1. The second kappa shape index (κ2) is 14.7. The number of carbonyl (C=O) groups is 2. The van der Waals surface area contributed by atoms with Gasteiger partial charge in [-0.15, -0.1) is 0 Å². The number of aryl methyl sites for hydroxylation is 2. The van der Waals surface area contributed by atoms with Gasteiger partial charge in [0.25, 0.3) is 10.0 Å². The smallest absolute Gasteiger partial charge is 0.264 e. The van der Waals surface area contributed by atoms with Gasteiger partial charge in [0.15, 0.2) is 0 Å². The third kappa shape index (κ3) is 8.06. The number of anilines is 1. The van der Waals surface area contributed by atoms with Crippen molar-refractivity contribution in [2.45, 2.75) is 76.4 Å². The van der Waals surface area contributed by atoms with E-state index in [9.17, 15) is 18.0 Å². The Balaban J connectivity index is 1.74. The molecule has 0 spiro atoms. The summed E-state index contributed by atoms with van der Waals surface area (Å²) < 4.78 is 34.9. The summed E-state index contributed by atoms with van der Waals surface area (Å²) in [5.74, 6) is -0.578. The lowest BCUT2D eigenvalue weighted by molar-refractivity contribution is -0.139. The van der Waals surface area contributed by atoms with Crippen molar-refractivity contribution in [3.8, 4) is 5.75 Å². The fourth-order valence-electron chi connectivity index (χ4n) is 5.33. The Morgan fingerprint density at radius 2 is 1.59 bits per heavy atom. The molecule has 2 amide bonds. The molecule has 0 saturated heterocycles. The Morgan fingerprint density at radius 1 is 0.932 bits per heavy atom. The minimum atomic E-state index is -4.24. The van der Waals surface area contributed by atoms with E-state index >= 15 is 0 Å². The van der Waals surface area contributed by atoms with Gasteiger partial charge < -0.3 is 15.0 Å². The molecule has 0 bridgehead atoms. The highest BCUT2D eigenvalue weighted by Crippen LogP contribution is 2.34. The van der Waals surface area contributed by atoms with Crippen molar-refractivity contribution in [1.82, 2.24) is 10.2 Å². The molecular weight excluding hydrogens is 621 g/mol. The summed E-state index contributed by atoms with van der Waals surface area (Å²) in [7, 11) is -2.79. The van der Waals surface area contributed by atoms with Crippen molar-refractivity contribution < 1.29 is 22.7 Å². The minimum absolute atomic E-state index is 0.0122. The maximum Gasteiger partial charge on any atom is 0.264 e. The first-order chi connectivity index (χ1) is 20.9. The Labute approximate surface area is 270 Å². The summed E-state index contributed by atoms with van der Waals surface area (Å²) in [6.45, 7) is 4.79. The number of methoxy groups -OCH3 is 1. The van der Waals surface area contributed by atoms with Gasteiger partial charge in [0, 0.05) is 12.6 Å². The molecule has 3 aromatic rings. The molecule has 236 valence electrons. The molecule has 44 heavy (non-hydrogen) atoms. The molecule has 8 nitrogen and oxygen atoms in total. The van der Waals surface area contributed by atoms with Gasteiger partial charge in [-0.05, 0) is 81.1 Å². The maximum atomic E-state index is 14.3. The molecule has 11 heteroatoms. The molecule has 4 rings (SSSR count). The zero-order valence-corrected chi connectivity index (χ0v) is 27.8. The van der Waals surface area contributed by atoms with Gasteiger partial charge in [0.2, 0.25) is 11.8 Å². The van der Waals surface area contributed by atoms with Crippen LogP contribution in [0.25, 0.3) is 0 Å². The monoisotopic (exact) mass is 659 g/mol. The van der Waals surface area contributed by atoms with Crippen LogP contribution in [0.1, 0.15) is 55.7 Å². The zero-order chi connectivity index (χ0) is 32.0. The molecule has 1 N–H and O–H groups in total. The van der Waals surface area contributed by atoms with E-state index in [1.54, 1.807) is 55.5 Å². The molecule has 1 aliphatic rings. The van der Waals surface area contributed by atoms with E-state index in [-0.39, 0.29) is 29.1 Å². The predicted octanol–water partition coefficient (Wildman–Crippen LogP) is 6.68. The first kappa shape index (κ1) is 33.6. The van der Waals surface area contributed by atoms with Crippen LogP contribution in [0.4, 0.5) is 5.69 Å². The fourth-order valence-corrected chi connectivity index (χ4v) is 7.07. The van der Waals surface area contributed by atoms with E-state index in [0.29, 0.717) is 21.4 Å². The zero-order valence-electron chi connectivity index (χ0n) is 25.5. The van der Waals surface area contributed by atoms with Crippen LogP contribution in [-0.4, -0.2) is 50.9 Å². The minimum Gasteiger partial charge on any atom is -0.495 e. The van der Waals surface area contributed by atoms with Gasteiger partial charge in [-0.3, -0.25) is 13.9 Å². The number of sulfonamides is 1. The van der Waals surface area contributed by atoms with Gasteiger partial charge in [-0.25, -0.2) is 8.42 Å². The molecule has 1 atom stereocenters. The molecule has 0 aromatic heterocycles. The Bertz CT molecular complexity index is 1590. The first-order valence-corrected chi connectivity index (χ1v) is 16.9. The number of rotatable bonds is 11. The van der Waals surface area contributed by atoms with E-state index in [1.807, 2.05) is 13.8 Å². The third-order valence-electron chi connectivity index (χ3n) is 7.95. The normalized spacial score (nSPS) is 14.5. The molecule has 0 radical (unpaired) electrons. The summed E-state index contributed by atoms with van der Waals surface area (Å²) in [4.78, 5) is 29.2. The number of nitrogens with one attached hydrogen (secondary N) is 1. The highest BCUT2D eigenvalue weighted by molar-refractivity contribution is 7.92. The summed E-state index contributed by atoms with van der Waals surface area (Å²) in [6, 6.07) is 15.7. The van der Waals surface area contributed by atoms with E-state index in [2.05, 4.69) is 5.32 Å². The number of carbonyl (C=O) groups excluding carboxylic acids is 2.